The lowest BCUT2D eigenvalue weighted by atomic mass is 10.0. The van der Waals surface area contributed by atoms with Gasteiger partial charge in [0.2, 0.25) is 0 Å². The van der Waals surface area contributed by atoms with E-state index in [0.29, 0.717) is 5.69 Å². The number of benzene rings is 2. The van der Waals surface area contributed by atoms with Crippen LogP contribution in [0, 0.1) is 5.82 Å². The van der Waals surface area contributed by atoms with E-state index in [9.17, 15) is 4.39 Å². The zero-order chi connectivity index (χ0) is 13.5. The van der Waals surface area contributed by atoms with E-state index in [-0.39, 0.29) is 5.82 Å². The lowest BCUT2D eigenvalue weighted by Gasteiger charge is -2.26. The number of nitrogens with zero attached hydrogens (tertiary/aromatic N) is 2. The van der Waals surface area contributed by atoms with Crippen LogP contribution in [-0.4, -0.2) is 6.54 Å². The first kappa shape index (κ1) is 11.4. The maximum Gasteiger partial charge on any atom is 0.146 e. The number of anilines is 1. The molecule has 0 aromatic heterocycles. The van der Waals surface area contributed by atoms with E-state index in [0.717, 1.165) is 24.0 Å². The molecule has 20 heavy (non-hydrogen) atoms. The van der Waals surface area contributed by atoms with Crippen LogP contribution in [0.5, 0.6) is 0 Å². The number of rotatable bonds is 1. The van der Waals surface area contributed by atoms with Gasteiger partial charge in [-0.25, -0.2) is 9.38 Å². The summed E-state index contributed by atoms with van der Waals surface area (Å²) >= 11 is 0. The molecular weight excluding hydrogens is 251 g/mol. The Balaban J connectivity index is 1.83. The third-order valence-corrected chi connectivity index (χ3v) is 3.82. The van der Waals surface area contributed by atoms with E-state index in [1.54, 1.807) is 12.1 Å². The minimum atomic E-state index is -0.191. The van der Waals surface area contributed by atoms with Gasteiger partial charge in [0.15, 0.2) is 0 Å². The van der Waals surface area contributed by atoms with E-state index in [4.69, 9.17) is 0 Å². The van der Waals surface area contributed by atoms with Crippen molar-refractivity contribution < 1.29 is 4.39 Å². The van der Waals surface area contributed by atoms with Crippen molar-refractivity contribution in [2.75, 3.05) is 11.4 Å². The molecule has 4 rings (SSSR count). The highest BCUT2D eigenvalue weighted by atomic mass is 19.1. The molecule has 2 aliphatic rings. The summed E-state index contributed by atoms with van der Waals surface area (Å²) in [6.07, 6.45) is 2.85. The average Bonchev–Trinajstić information content (AvgIpc) is 2.85. The molecule has 0 radical (unpaired) electrons. The van der Waals surface area contributed by atoms with Crippen LogP contribution in [0.2, 0.25) is 0 Å². The first-order valence-corrected chi connectivity index (χ1v) is 6.73. The molecular formula is C17H13FN2. The Morgan fingerprint density at radius 2 is 1.80 bits per heavy atom. The van der Waals surface area contributed by atoms with Crippen molar-refractivity contribution in [1.82, 2.24) is 0 Å². The summed E-state index contributed by atoms with van der Waals surface area (Å²) in [6.45, 7) is 0.781. The summed E-state index contributed by atoms with van der Waals surface area (Å²) < 4.78 is 13.9. The maximum absolute atomic E-state index is 13.9. The number of hydrogen-bond donors (Lipinski definition) is 0. The monoisotopic (exact) mass is 264 g/mol. The smallest absolute Gasteiger partial charge is 0.146 e. The Morgan fingerprint density at radius 1 is 1.00 bits per heavy atom. The molecule has 2 aliphatic heterocycles. The highest BCUT2D eigenvalue weighted by Gasteiger charge is 2.21. The van der Waals surface area contributed by atoms with E-state index < -0.39 is 0 Å². The minimum Gasteiger partial charge on any atom is -0.343 e. The fraction of sp³-hybridized carbons (Fsp3) is 0.118. The van der Waals surface area contributed by atoms with Gasteiger partial charge in [0.1, 0.15) is 5.82 Å². The molecule has 0 fully saturated rings. The standard InChI is InChI=1S/C17H13FN2/c18-14-6-2-4-8-17(14)20-10-9-13-12-5-1-3-7-15(12)19-16(13)11-20/h1-8,11H,9-10H2. The molecule has 0 atom stereocenters. The van der Waals surface area contributed by atoms with Crippen molar-refractivity contribution in [3.63, 3.8) is 0 Å². The molecule has 2 nitrogen and oxygen atoms in total. The number of hydrogen-bond acceptors (Lipinski definition) is 2. The Labute approximate surface area is 116 Å². The fourth-order valence-electron chi connectivity index (χ4n) is 2.85. The summed E-state index contributed by atoms with van der Waals surface area (Å²) in [5.41, 5.74) is 2.85. The Kier molecular flexibility index (Phi) is 2.46. The van der Waals surface area contributed by atoms with Crippen molar-refractivity contribution in [1.29, 1.82) is 0 Å². The van der Waals surface area contributed by atoms with Crippen LogP contribution in [0.3, 0.4) is 0 Å². The van der Waals surface area contributed by atoms with Crippen LogP contribution in [0.1, 0.15) is 6.42 Å². The van der Waals surface area contributed by atoms with Gasteiger partial charge in [0, 0.05) is 18.0 Å². The molecule has 0 aliphatic carbocycles. The van der Waals surface area contributed by atoms with E-state index in [1.807, 2.05) is 35.4 Å². The zero-order valence-corrected chi connectivity index (χ0v) is 10.9. The first-order chi connectivity index (χ1) is 9.83. The van der Waals surface area contributed by atoms with Crippen molar-refractivity contribution in [2.24, 2.45) is 4.99 Å². The average molecular weight is 264 g/mol. The molecule has 2 aromatic carbocycles. The lowest BCUT2D eigenvalue weighted by Crippen LogP contribution is -2.26. The van der Waals surface area contributed by atoms with Gasteiger partial charge < -0.3 is 4.90 Å². The van der Waals surface area contributed by atoms with Gasteiger partial charge in [-0.3, -0.25) is 0 Å². The molecule has 0 N–H and O–H groups in total. The number of para-hydroxylation sites is 2. The van der Waals surface area contributed by atoms with Gasteiger partial charge in [-0.2, -0.15) is 0 Å². The summed E-state index contributed by atoms with van der Waals surface area (Å²) in [5, 5.41) is 2.23. The highest BCUT2D eigenvalue weighted by Crippen LogP contribution is 2.29. The van der Waals surface area contributed by atoms with Crippen LogP contribution in [0.25, 0.3) is 5.57 Å². The Morgan fingerprint density at radius 3 is 2.70 bits per heavy atom. The van der Waals surface area contributed by atoms with Crippen LogP contribution in [0.15, 0.2) is 65.4 Å². The predicted octanol–water partition coefficient (Wildman–Crippen LogP) is 2.36. The second-order valence-corrected chi connectivity index (χ2v) is 5.02. The van der Waals surface area contributed by atoms with Crippen molar-refractivity contribution in [2.45, 2.75) is 6.42 Å². The topological polar surface area (TPSA) is 15.6 Å². The van der Waals surface area contributed by atoms with Gasteiger partial charge in [0.25, 0.3) is 0 Å². The molecule has 0 spiro atoms. The van der Waals surface area contributed by atoms with E-state index in [2.05, 4.69) is 11.1 Å². The van der Waals surface area contributed by atoms with Gasteiger partial charge in [-0.15, -0.1) is 0 Å². The largest absolute Gasteiger partial charge is 0.343 e. The summed E-state index contributed by atoms with van der Waals surface area (Å²) in [4.78, 5) is 6.59. The summed E-state index contributed by atoms with van der Waals surface area (Å²) in [5.74, 6) is -0.191. The third kappa shape index (κ3) is 1.67. The molecule has 2 heterocycles. The van der Waals surface area contributed by atoms with Crippen LogP contribution < -0.4 is 15.5 Å². The summed E-state index contributed by atoms with van der Waals surface area (Å²) in [7, 11) is 0. The highest BCUT2D eigenvalue weighted by molar-refractivity contribution is 5.70. The lowest BCUT2D eigenvalue weighted by molar-refractivity contribution is 0.624. The zero-order valence-electron chi connectivity index (χ0n) is 10.9. The molecule has 98 valence electrons. The fourth-order valence-corrected chi connectivity index (χ4v) is 2.85. The molecule has 2 aromatic rings. The van der Waals surface area contributed by atoms with Gasteiger partial charge >= 0.3 is 0 Å². The molecule has 0 amide bonds. The quantitative estimate of drug-likeness (QED) is 0.772. The van der Waals surface area contributed by atoms with Crippen LogP contribution in [-0.2, 0) is 0 Å². The molecule has 0 bridgehead atoms. The van der Waals surface area contributed by atoms with Crippen LogP contribution in [0.4, 0.5) is 10.1 Å². The van der Waals surface area contributed by atoms with Gasteiger partial charge in [0.05, 0.1) is 16.7 Å². The molecule has 3 heteroatoms. The second kappa shape index (κ2) is 4.30. The second-order valence-electron chi connectivity index (χ2n) is 5.02. The van der Waals surface area contributed by atoms with Gasteiger partial charge in [-0.1, -0.05) is 30.3 Å². The van der Waals surface area contributed by atoms with Crippen molar-refractivity contribution >= 4 is 11.3 Å². The number of halogens is 1. The molecule has 0 unspecified atom stereocenters. The first-order valence-electron chi connectivity index (χ1n) is 6.73. The minimum absolute atomic E-state index is 0.191. The third-order valence-electron chi connectivity index (χ3n) is 3.82. The van der Waals surface area contributed by atoms with Crippen molar-refractivity contribution in [3.05, 3.63) is 76.8 Å². The van der Waals surface area contributed by atoms with Crippen molar-refractivity contribution in [3.8, 4) is 0 Å². The Hall–Kier alpha value is -2.42. The number of fused-ring (bicyclic) bond motifs is 2. The Bertz CT molecular complexity index is 836. The predicted molar refractivity (Wildman–Crippen MR) is 77.1 cm³/mol. The van der Waals surface area contributed by atoms with E-state index in [1.165, 1.54) is 16.9 Å². The maximum atomic E-state index is 13.9. The SMILES string of the molecule is Fc1ccccc1N1C=C2N=c3ccccc3=C2CC1. The number of allylic oxidation sites excluding steroid dienone is 1. The molecule has 0 saturated heterocycles. The van der Waals surface area contributed by atoms with Crippen LogP contribution >= 0.6 is 0 Å². The molecule has 0 saturated carbocycles. The van der Waals surface area contributed by atoms with Gasteiger partial charge in [-0.05, 0) is 30.2 Å². The van der Waals surface area contributed by atoms with E-state index >= 15 is 0 Å². The normalized spacial score (nSPS) is 16.4. The summed E-state index contributed by atoms with van der Waals surface area (Å²) in [6, 6.07) is 15.0.